The first-order valence-electron chi connectivity index (χ1n) is 6.95. The average molecular weight is 353 g/mol. The van der Waals surface area contributed by atoms with Crippen LogP contribution in [0, 0.1) is 22.9 Å². The highest BCUT2D eigenvalue weighted by molar-refractivity contribution is 6.30. The van der Waals surface area contributed by atoms with Gasteiger partial charge in [-0.2, -0.15) is 4.39 Å². The SMILES string of the molecule is Cc1cc(Cl)ccc1O[C@H](C)C(=O)Nc1ccc(F)c([N+](=O)[O-])c1. The molecule has 6 nitrogen and oxygen atoms in total. The number of nitrogens with one attached hydrogen (secondary N) is 1. The Labute approximate surface area is 142 Å². The van der Waals surface area contributed by atoms with Crippen LogP contribution in [0.15, 0.2) is 36.4 Å². The second-order valence-corrected chi connectivity index (χ2v) is 5.52. The second-order valence-electron chi connectivity index (χ2n) is 5.08. The summed E-state index contributed by atoms with van der Waals surface area (Å²) in [5, 5.41) is 13.7. The Balaban J connectivity index is 2.09. The first-order chi connectivity index (χ1) is 11.3. The molecule has 0 fully saturated rings. The zero-order chi connectivity index (χ0) is 17.9. The van der Waals surface area contributed by atoms with Crippen molar-refractivity contribution < 1.29 is 18.8 Å². The summed E-state index contributed by atoms with van der Waals surface area (Å²) in [6, 6.07) is 8.09. The van der Waals surface area contributed by atoms with Crippen molar-refractivity contribution in [2.24, 2.45) is 0 Å². The third kappa shape index (κ3) is 4.20. The van der Waals surface area contributed by atoms with E-state index in [1.165, 1.54) is 13.0 Å². The van der Waals surface area contributed by atoms with E-state index in [1.807, 2.05) is 0 Å². The number of nitro groups is 1. The van der Waals surface area contributed by atoms with Gasteiger partial charge in [0.05, 0.1) is 4.92 Å². The molecule has 1 N–H and O–H groups in total. The summed E-state index contributed by atoms with van der Waals surface area (Å²) in [4.78, 5) is 22.0. The van der Waals surface area contributed by atoms with Crippen LogP contribution in [-0.4, -0.2) is 16.9 Å². The summed E-state index contributed by atoms with van der Waals surface area (Å²) >= 11 is 5.86. The topological polar surface area (TPSA) is 81.5 Å². The van der Waals surface area contributed by atoms with Gasteiger partial charge in [-0.15, -0.1) is 0 Å². The van der Waals surface area contributed by atoms with Gasteiger partial charge >= 0.3 is 5.69 Å². The highest BCUT2D eigenvalue weighted by Crippen LogP contribution is 2.24. The van der Waals surface area contributed by atoms with E-state index < -0.39 is 28.4 Å². The molecule has 0 aliphatic carbocycles. The number of amides is 1. The van der Waals surface area contributed by atoms with Crippen molar-refractivity contribution in [2.45, 2.75) is 20.0 Å². The number of ether oxygens (including phenoxy) is 1. The Hall–Kier alpha value is -2.67. The summed E-state index contributed by atoms with van der Waals surface area (Å²) < 4.78 is 18.8. The molecule has 0 saturated carbocycles. The summed E-state index contributed by atoms with van der Waals surface area (Å²) in [6.45, 7) is 3.32. The van der Waals surface area contributed by atoms with Crippen LogP contribution in [0.1, 0.15) is 12.5 Å². The Kier molecular flexibility index (Phi) is 5.35. The molecule has 0 saturated heterocycles. The molecule has 8 heteroatoms. The van der Waals surface area contributed by atoms with Crippen molar-refractivity contribution in [3.05, 3.63) is 62.9 Å². The maximum absolute atomic E-state index is 13.3. The van der Waals surface area contributed by atoms with Gasteiger partial charge in [-0.25, -0.2) is 0 Å². The molecule has 0 radical (unpaired) electrons. The maximum atomic E-state index is 13.3. The quantitative estimate of drug-likeness (QED) is 0.648. The predicted molar refractivity (Wildman–Crippen MR) is 88.0 cm³/mol. The number of nitrogens with zero attached hydrogens (tertiary/aromatic N) is 1. The first-order valence-corrected chi connectivity index (χ1v) is 7.33. The van der Waals surface area contributed by atoms with Gasteiger partial charge in [0.2, 0.25) is 5.82 Å². The van der Waals surface area contributed by atoms with E-state index in [1.54, 1.807) is 25.1 Å². The van der Waals surface area contributed by atoms with E-state index >= 15 is 0 Å². The summed E-state index contributed by atoms with van der Waals surface area (Å²) in [5.74, 6) is -1.00. The summed E-state index contributed by atoms with van der Waals surface area (Å²) in [7, 11) is 0. The molecule has 2 aromatic rings. The van der Waals surface area contributed by atoms with Crippen molar-refractivity contribution in [1.29, 1.82) is 0 Å². The van der Waals surface area contributed by atoms with E-state index in [0.29, 0.717) is 10.8 Å². The number of benzene rings is 2. The van der Waals surface area contributed by atoms with Gasteiger partial charge in [0.25, 0.3) is 5.91 Å². The summed E-state index contributed by atoms with van der Waals surface area (Å²) in [6.07, 6.45) is -0.867. The molecular formula is C16H14ClFN2O4. The van der Waals surface area contributed by atoms with Crippen LogP contribution in [0.5, 0.6) is 5.75 Å². The molecule has 2 rings (SSSR count). The molecule has 0 aliphatic heterocycles. The molecule has 126 valence electrons. The number of halogens is 2. The first kappa shape index (κ1) is 17.7. The highest BCUT2D eigenvalue weighted by Gasteiger charge is 2.19. The smallest absolute Gasteiger partial charge is 0.306 e. The van der Waals surface area contributed by atoms with Crippen molar-refractivity contribution in [3.8, 4) is 5.75 Å². The molecule has 0 spiro atoms. The van der Waals surface area contributed by atoms with Crippen LogP contribution in [0.4, 0.5) is 15.8 Å². The van der Waals surface area contributed by atoms with Crippen LogP contribution >= 0.6 is 11.6 Å². The maximum Gasteiger partial charge on any atom is 0.306 e. The monoisotopic (exact) mass is 352 g/mol. The number of carbonyl (C=O) groups excluding carboxylic acids is 1. The number of hydrogen-bond donors (Lipinski definition) is 1. The molecule has 2 aromatic carbocycles. The van der Waals surface area contributed by atoms with Gasteiger partial charge in [0.1, 0.15) is 5.75 Å². The van der Waals surface area contributed by atoms with Crippen LogP contribution in [0.25, 0.3) is 0 Å². The van der Waals surface area contributed by atoms with E-state index in [2.05, 4.69) is 5.32 Å². The molecule has 1 amide bonds. The number of nitro benzene ring substituents is 1. The van der Waals surface area contributed by atoms with Crippen molar-refractivity contribution >= 4 is 28.9 Å². The van der Waals surface area contributed by atoms with Crippen LogP contribution in [-0.2, 0) is 4.79 Å². The molecule has 24 heavy (non-hydrogen) atoms. The zero-order valence-corrected chi connectivity index (χ0v) is 13.6. The summed E-state index contributed by atoms with van der Waals surface area (Å²) in [5.41, 5.74) is 0.158. The lowest BCUT2D eigenvalue weighted by molar-refractivity contribution is -0.387. The van der Waals surface area contributed by atoms with Crippen molar-refractivity contribution in [3.63, 3.8) is 0 Å². The molecule has 1 atom stereocenters. The largest absolute Gasteiger partial charge is 0.481 e. The standard InChI is InChI=1S/C16H14ClFN2O4/c1-9-7-11(17)3-6-15(9)24-10(2)16(21)19-12-4-5-13(18)14(8-12)20(22)23/h3-8,10H,1-2H3,(H,19,21)/t10-/m1/s1. The van der Waals surface area contributed by atoms with Crippen LogP contribution < -0.4 is 10.1 Å². The van der Waals surface area contributed by atoms with Crippen LogP contribution in [0.3, 0.4) is 0 Å². The lowest BCUT2D eigenvalue weighted by Gasteiger charge is -2.16. The number of aryl methyl sites for hydroxylation is 1. The van der Waals surface area contributed by atoms with E-state index in [0.717, 1.165) is 17.7 Å². The van der Waals surface area contributed by atoms with Gasteiger partial charge in [-0.3, -0.25) is 14.9 Å². The van der Waals surface area contributed by atoms with E-state index in [-0.39, 0.29) is 5.69 Å². The van der Waals surface area contributed by atoms with Gasteiger partial charge in [0, 0.05) is 16.8 Å². The Morgan fingerprint density at radius 2 is 2.04 bits per heavy atom. The lowest BCUT2D eigenvalue weighted by Crippen LogP contribution is -2.30. The van der Waals surface area contributed by atoms with Crippen LogP contribution in [0.2, 0.25) is 5.02 Å². The average Bonchev–Trinajstić information content (AvgIpc) is 2.51. The molecule has 0 aromatic heterocycles. The Morgan fingerprint density at radius 1 is 1.33 bits per heavy atom. The number of carbonyl (C=O) groups is 1. The number of rotatable bonds is 5. The minimum absolute atomic E-state index is 0.108. The molecule has 0 unspecified atom stereocenters. The zero-order valence-electron chi connectivity index (χ0n) is 12.9. The lowest BCUT2D eigenvalue weighted by atomic mass is 10.2. The van der Waals surface area contributed by atoms with E-state index in [9.17, 15) is 19.3 Å². The van der Waals surface area contributed by atoms with Crippen molar-refractivity contribution in [1.82, 2.24) is 0 Å². The molecule has 0 bridgehead atoms. The van der Waals surface area contributed by atoms with Gasteiger partial charge in [0.15, 0.2) is 6.10 Å². The predicted octanol–water partition coefficient (Wildman–Crippen LogP) is 4.10. The Morgan fingerprint density at radius 3 is 2.67 bits per heavy atom. The third-order valence-electron chi connectivity index (χ3n) is 3.22. The third-order valence-corrected chi connectivity index (χ3v) is 3.46. The normalized spacial score (nSPS) is 11.7. The van der Waals surface area contributed by atoms with Gasteiger partial charge < -0.3 is 10.1 Å². The molecule has 0 heterocycles. The second kappa shape index (κ2) is 7.27. The van der Waals surface area contributed by atoms with Gasteiger partial charge in [-0.05, 0) is 49.7 Å². The minimum atomic E-state index is -0.973. The van der Waals surface area contributed by atoms with Crippen molar-refractivity contribution in [2.75, 3.05) is 5.32 Å². The highest BCUT2D eigenvalue weighted by atomic mass is 35.5. The fourth-order valence-corrected chi connectivity index (χ4v) is 2.19. The van der Waals surface area contributed by atoms with E-state index in [4.69, 9.17) is 16.3 Å². The minimum Gasteiger partial charge on any atom is -0.481 e. The molecule has 0 aliphatic rings. The molecular weight excluding hydrogens is 339 g/mol. The van der Waals surface area contributed by atoms with Gasteiger partial charge in [-0.1, -0.05) is 11.6 Å². The Bertz CT molecular complexity index is 798. The number of anilines is 1. The fourth-order valence-electron chi connectivity index (χ4n) is 1.96. The fraction of sp³-hybridized carbons (Fsp3) is 0.188. The number of hydrogen-bond acceptors (Lipinski definition) is 4.